The van der Waals surface area contributed by atoms with Crippen molar-refractivity contribution in [1.29, 1.82) is 0 Å². The van der Waals surface area contributed by atoms with Gasteiger partial charge in [0.05, 0.1) is 18.5 Å². The highest BCUT2D eigenvalue weighted by molar-refractivity contribution is 9.10. The van der Waals surface area contributed by atoms with Crippen molar-refractivity contribution >= 4 is 21.6 Å². The molecule has 0 aromatic carbocycles. The summed E-state index contributed by atoms with van der Waals surface area (Å²) in [6.45, 7) is 4.28. The Morgan fingerprint density at radius 2 is 2.37 bits per heavy atom. The summed E-state index contributed by atoms with van der Waals surface area (Å²) in [5.41, 5.74) is 0.409. The Labute approximate surface area is 121 Å². The van der Waals surface area contributed by atoms with Crippen LogP contribution in [-0.4, -0.2) is 29.5 Å². The maximum absolute atomic E-state index is 11.8. The number of anilines is 1. The zero-order valence-corrected chi connectivity index (χ0v) is 12.6. The predicted octanol–water partition coefficient (Wildman–Crippen LogP) is 1.87. The molecule has 6 heteroatoms. The number of hydrogen-bond acceptors (Lipinski definition) is 4. The second-order valence-corrected chi connectivity index (χ2v) is 4.72. The molecular formula is C13H18BrN3O2. The van der Waals surface area contributed by atoms with Crippen LogP contribution < -0.4 is 10.9 Å². The molecule has 0 aliphatic heterocycles. The molecule has 1 heterocycles. The van der Waals surface area contributed by atoms with E-state index in [0.717, 1.165) is 19.4 Å². The van der Waals surface area contributed by atoms with Gasteiger partial charge in [-0.05, 0) is 22.4 Å². The van der Waals surface area contributed by atoms with Gasteiger partial charge in [-0.2, -0.15) is 5.10 Å². The second kappa shape index (κ2) is 8.73. The van der Waals surface area contributed by atoms with E-state index in [1.807, 2.05) is 0 Å². The summed E-state index contributed by atoms with van der Waals surface area (Å²) in [7, 11) is 0. The van der Waals surface area contributed by atoms with Crippen LogP contribution in [-0.2, 0) is 11.3 Å². The summed E-state index contributed by atoms with van der Waals surface area (Å²) in [6, 6.07) is 0. The van der Waals surface area contributed by atoms with Crippen LogP contribution in [0.15, 0.2) is 15.5 Å². The van der Waals surface area contributed by atoms with Crippen LogP contribution >= 0.6 is 15.9 Å². The van der Waals surface area contributed by atoms with Gasteiger partial charge in [0, 0.05) is 13.2 Å². The van der Waals surface area contributed by atoms with E-state index in [1.54, 1.807) is 6.20 Å². The van der Waals surface area contributed by atoms with Gasteiger partial charge in [0.1, 0.15) is 11.0 Å². The first-order chi connectivity index (χ1) is 9.20. The number of terminal acetylenes is 1. The molecule has 0 aliphatic carbocycles. The Morgan fingerprint density at radius 3 is 3.05 bits per heavy atom. The van der Waals surface area contributed by atoms with Crippen molar-refractivity contribution in [2.24, 2.45) is 0 Å². The fraction of sp³-hybridized carbons (Fsp3) is 0.538. The summed E-state index contributed by atoms with van der Waals surface area (Å²) in [5, 5.41) is 7.09. The van der Waals surface area contributed by atoms with Gasteiger partial charge in [0.25, 0.3) is 5.56 Å². The van der Waals surface area contributed by atoms with Crippen molar-refractivity contribution < 1.29 is 4.74 Å². The third kappa shape index (κ3) is 5.05. The average Bonchev–Trinajstić information content (AvgIpc) is 2.41. The third-order valence-electron chi connectivity index (χ3n) is 2.43. The van der Waals surface area contributed by atoms with Crippen LogP contribution in [0.5, 0.6) is 0 Å². The molecule has 0 saturated heterocycles. The largest absolute Gasteiger partial charge is 0.380 e. The summed E-state index contributed by atoms with van der Waals surface area (Å²) < 4.78 is 7.09. The predicted molar refractivity (Wildman–Crippen MR) is 79.2 cm³/mol. The number of ether oxygens (including phenoxy) is 1. The fourth-order valence-electron chi connectivity index (χ4n) is 1.39. The molecule has 0 saturated carbocycles. The molecule has 0 atom stereocenters. The maximum atomic E-state index is 11.8. The summed E-state index contributed by atoms with van der Waals surface area (Å²) in [4.78, 5) is 11.8. The van der Waals surface area contributed by atoms with E-state index in [-0.39, 0.29) is 12.1 Å². The van der Waals surface area contributed by atoms with E-state index in [9.17, 15) is 4.79 Å². The minimum absolute atomic E-state index is 0.165. The van der Waals surface area contributed by atoms with Crippen molar-refractivity contribution in [3.8, 4) is 12.3 Å². The average molecular weight is 328 g/mol. The molecule has 0 aliphatic rings. The summed E-state index contributed by atoms with van der Waals surface area (Å²) in [5.74, 6) is 2.38. The standard InChI is InChI=1S/C13H18BrN3O2/c1-3-5-8-19-9-6-15-11-10-16-17(7-4-2)13(18)12(11)14/h2,10,15H,3,5-9H2,1H3. The topological polar surface area (TPSA) is 56.1 Å². The van der Waals surface area contributed by atoms with Crippen LogP contribution in [0.2, 0.25) is 0 Å². The van der Waals surface area contributed by atoms with Gasteiger partial charge < -0.3 is 10.1 Å². The Hall–Kier alpha value is -1.32. The fourth-order valence-corrected chi connectivity index (χ4v) is 1.84. The van der Waals surface area contributed by atoms with E-state index < -0.39 is 0 Å². The van der Waals surface area contributed by atoms with Gasteiger partial charge in [-0.1, -0.05) is 19.3 Å². The quantitative estimate of drug-likeness (QED) is 0.585. The Balaban J connectivity index is 2.49. The first-order valence-corrected chi connectivity index (χ1v) is 7.00. The number of unbranched alkanes of at least 4 members (excludes halogenated alkanes) is 1. The van der Waals surface area contributed by atoms with E-state index in [1.165, 1.54) is 4.68 Å². The lowest BCUT2D eigenvalue weighted by molar-refractivity contribution is 0.141. The van der Waals surface area contributed by atoms with Crippen molar-refractivity contribution in [2.45, 2.75) is 26.3 Å². The molecule has 0 amide bonds. The number of rotatable bonds is 8. The summed E-state index contributed by atoms with van der Waals surface area (Å²) >= 11 is 3.25. The number of nitrogens with zero attached hydrogens (tertiary/aromatic N) is 2. The Morgan fingerprint density at radius 1 is 1.58 bits per heavy atom. The Kier molecular flexibility index (Phi) is 7.23. The SMILES string of the molecule is C#CCn1ncc(NCCOCCCC)c(Br)c1=O. The lowest BCUT2D eigenvalue weighted by Crippen LogP contribution is -2.24. The zero-order chi connectivity index (χ0) is 14.1. The highest BCUT2D eigenvalue weighted by atomic mass is 79.9. The molecule has 19 heavy (non-hydrogen) atoms. The molecule has 0 bridgehead atoms. The number of halogens is 1. The molecule has 1 N–H and O–H groups in total. The molecule has 0 spiro atoms. The molecule has 0 radical (unpaired) electrons. The molecule has 1 rings (SSSR count). The van der Waals surface area contributed by atoms with Gasteiger partial charge in [-0.3, -0.25) is 4.79 Å². The zero-order valence-electron chi connectivity index (χ0n) is 11.0. The molecule has 0 unspecified atom stereocenters. The highest BCUT2D eigenvalue weighted by Gasteiger charge is 2.07. The first kappa shape index (κ1) is 15.7. The lowest BCUT2D eigenvalue weighted by atomic mass is 10.4. The van der Waals surface area contributed by atoms with E-state index >= 15 is 0 Å². The number of nitrogens with one attached hydrogen (secondary N) is 1. The highest BCUT2D eigenvalue weighted by Crippen LogP contribution is 2.15. The van der Waals surface area contributed by atoms with Crippen LogP contribution in [0.1, 0.15) is 19.8 Å². The molecule has 0 fully saturated rings. The van der Waals surface area contributed by atoms with Crippen LogP contribution in [0.3, 0.4) is 0 Å². The van der Waals surface area contributed by atoms with Gasteiger partial charge in [-0.15, -0.1) is 6.42 Å². The summed E-state index contributed by atoms with van der Waals surface area (Å²) in [6.07, 6.45) is 8.92. The van der Waals surface area contributed by atoms with Crippen molar-refractivity contribution in [2.75, 3.05) is 25.1 Å². The molecule has 104 valence electrons. The first-order valence-electron chi connectivity index (χ1n) is 6.21. The number of aromatic nitrogens is 2. The van der Waals surface area contributed by atoms with Gasteiger partial charge in [0.15, 0.2) is 0 Å². The van der Waals surface area contributed by atoms with Crippen LogP contribution in [0.25, 0.3) is 0 Å². The minimum Gasteiger partial charge on any atom is -0.380 e. The van der Waals surface area contributed by atoms with Crippen LogP contribution in [0.4, 0.5) is 5.69 Å². The minimum atomic E-state index is -0.241. The smallest absolute Gasteiger partial charge is 0.284 e. The van der Waals surface area contributed by atoms with Gasteiger partial charge >= 0.3 is 0 Å². The molecule has 1 aromatic heterocycles. The molecule has 1 aromatic rings. The van der Waals surface area contributed by atoms with Gasteiger partial charge in [-0.25, -0.2) is 4.68 Å². The second-order valence-electron chi connectivity index (χ2n) is 3.93. The lowest BCUT2D eigenvalue weighted by Gasteiger charge is -2.09. The van der Waals surface area contributed by atoms with E-state index in [4.69, 9.17) is 11.2 Å². The van der Waals surface area contributed by atoms with Crippen molar-refractivity contribution in [1.82, 2.24) is 9.78 Å². The van der Waals surface area contributed by atoms with E-state index in [0.29, 0.717) is 23.3 Å². The van der Waals surface area contributed by atoms with E-state index in [2.05, 4.69) is 39.2 Å². The van der Waals surface area contributed by atoms with Crippen LogP contribution in [0, 0.1) is 12.3 Å². The van der Waals surface area contributed by atoms with Crippen molar-refractivity contribution in [3.63, 3.8) is 0 Å². The number of hydrogen-bond donors (Lipinski definition) is 1. The molecule has 5 nitrogen and oxygen atoms in total. The van der Waals surface area contributed by atoms with Gasteiger partial charge in [0.2, 0.25) is 0 Å². The van der Waals surface area contributed by atoms with Crippen molar-refractivity contribution in [3.05, 3.63) is 21.0 Å². The maximum Gasteiger partial charge on any atom is 0.284 e. The monoisotopic (exact) mass is 327 g/mol. The third-order valence-corrected chi connectivity index (χ3v) is 3.20. The normalized spacial score (nSPS) is 10.2. The molecular weight excluding hydrogens is 310 g/mol. The Bertz CT molecular complexity index is 494.